The van der Waals surface area contributed by atoms with Crippen molar-refractivity contribution in [2.75, 3.05) is 6.61 Å². The molecule has 0 aliphatic rings. The SMILES string of the molecule is FC(F)(F)C(F)(F)C(F)(F)C(F)(F)CO[SiH3]. The van der Waals surface area contributed by atoms with Gasteiger partial charge in [0.05, 0.1) is 0 Å². The van der Waals surface area contributed by atoms with Crippen LogP contribution in [0.25, 0.3) is 0 Å². The van der Waals surface area contributed by atoms with E-state index in [2.05, 4.69) is 4.43 Å². The molecule has 0 bridgehead atoms. The van der Waals surface area contributed by atoms with Crippen molar-refractivity contribution in [1.82, 2.24) is 0 Å². The van der Waals surface area contributed by atoms with E-state index >= 15 is 0 Å². The van der Waals surface area contributed by atoms with Crippen molar-refractivity contribution in [3.8, 4) is 0 Å². The molecule has 0 N–H and O–H groups in total. The van der Waals surface area contributed by atoms with Crippen molar-refractivity contribution in [3.63, 3.8) is 0 Å². The topological polar surface area (TPSA) is 9.23 Å². The first-order valence-electron chi connectivity index (χ1n) is 3.50. The molecular weight excluding hydrogens is 275 g/mol. The number of hydrogen-bond acceptors (Lipinski definition) is 1. The highest BCUT2D eigenvalue weighted by atomic mass is 28.2. The Kier molecular flexibility index (Phi) is 3.97. The highest BCUT2D eigenvalue weighted by molar-refractivity contribution is 5.97. The van der Waals surface area contributed by atoms with Crippen LogP contribution in [0.3, 0.4) is 0 Å². The quantitative estimate of drug-likeness (QED) is 0.563. The molecule has 16 heavy (non-hydrogen) atoms. The summed E-state index contributed by atoms with van der Waals surface area (Å²) in [7, 11) is -0.510. The second-order valence-electron chi connectivity index (χ2n) is 2.78. The fourth-order valence-corrected chi connectivity index (χ4v) is 1.04. The van der Waals surface area contributed by atoms with Gasteiger partial charge in [0, 0.05) is 0 Å². The lowest BCUT2D eigenvalue weighted by Crippen LogP contribution is -2.62. The summed E-state index contributed by atoms with van der Waals surface area (Å²) >= 11 is 0. The van der Waals surface area contributed by atoms with Gasteiger partial charge in [0.15, 0.2) is 0 Å². The molecule has 98 valence electrons. The molecular formula is C5H5F9OSi. The van der Waals surface area contributed by atoms with Crippen LogP contribution in [0.1, 0.15) is 0 Å². The normalized spacial score (nSPS) is 15.6. The number of halogens is 9. The molecule has 0 radical (unpaired) electrons. The maximum absolute atomic E-state index is 12.4. The van der Waals surface area contributed by atoms with Crippen molar-refractivity contribution < 1.29 is 43.9 Å². The van der Waals surface area contributed by atoms with Crippen molar-refractivity contribution in [3.05, 3.63) is 0 Å². The zero-order valence-corrected chi connectivity index (χ0v) is 9.52. The molecule has 0 amide bonds. The first-order valence-corrected chi connectivity index (χ1v) is 4.32. The molecule has 0 rings (SSSR count). The van der Waals surface area contributed by atoms with Crippen molar-refractivity contribution in [1.29, 1.82) is 0 Å². The Morgan fingerprint density at radius 2 is 1.12 bits per heavy atom. The summed E-state index contributed by atoms with van der Waals surface area (Å²) in [5.74, 6) is -19.0. The summed E-state index contributed by atoms with van der Waals surface area (Å²) in [6.45, 7) is -2.20. The van der Waals surface area contributed by atoms with Crippen LogP contribution in [0, 0.1) is 0 Å². The van der Waals surface area contributed by atoms with Crippen LogP contribution in [0.2, 0.25) is 0 Å². The largest absolute Gasteiger partial charge is 0.460 e. The molecule has 0 aliphatic heterocycles. The molecule has 0 saturated carbocycles. The van der Waals surface area contributed by atoms with Crippen LogP contribution in [0.4, 0.5) is 39.5 Å². The number of alkyl halides is 9. The molecule has 0 spiro atoms. The molecule has 0 heterocycles. The minimum atomic E-state index is -6.83. The van der Waals surface area contributed by atoms with Gasteiger partial charge in [-0.25, -0.2) is 0 Å². The Balaban J connectivity index is 5.34. The van der Waals surface area contributed by atoms with Gasteiger partial charge in [0.25, 0.3) is 0 Å². The molecule has 1 nitrogen and oxygen atoms in total. The lowest BCUT2D eigenvalue weighted by Gasteiger charge is -2.33. The van der Waals surface area contributed by atoms with Crippen LogP contribution in [0.15, 0.2) is 0 Å². The van der Waals surface area contributed by atoms with E-state index in [0.29, 0.717) is 0 Å². The van der Waals surface area contributed by atoms with Gasteiger partial charge < -0.3 is 4.43 Å². The molecule has 0 unspecified atom stereocenters. The fraction of sp³-hybridized carbons (Fsp3) is 1.00. The summed E-state index contributed by atoms with van der Waals surface area (Å²) in [5.41, 5.74) is 0. The van der Waals surface area contributed by atoms with Gasteiger partial charge in [0.2, 0.25) is 0 Å². The van der Waals surface area contributed by atoms with Gasteiger partial charge in [-0.2, -0.15) is 39.5 Å². The van der Waals surface area contributed by atoms with Crippen molar-refractivity contribution >= 4 is 10.5 Å². The second kappa shape index (κ2) is 4.09. The average Bonchev–Trinajstić information content (AvgIpc) is 2.01. The molecule has 0 fully saturated rings. The minimum Gasteiger partial charge on any atom is -0.422 e. The predicted octanol–water partition coefficient (Wildman–Crippen LogP) is 1.75. The van der Waals surface area contributed by atoms with Crippen LogP contribution in [0.5, 0.6) is 0 Å². The van der Waals surface area contributed by atoms with Gasteiger partial charge >= 0.3 is 23.9 Å². The molecule has 0 aromatic rings. The Hall–Kier alpha value is -0.453. The zero-order valence-electron chi connectivity index (χ0n) is 7.52. The van der Waals surface area contributed by atoms with Crippen LogP contribution >= 0.6 is 0 Å². The van der Waals surface area contributed by atoms with Gasteiger partial charge in [-0.3, -0.25) is 0 Å². The minimum absolute atomic E-state index is 0.510. The van der Waals surface area contributed by atoms with Crippen molar-refractivity contribution in [2.24, 2.45) is 0 Å². The summed E-state index contributed by atoms with van der Waals surface area (Å²) in [5, 5.41) is 0. The molecule has 0 saturated heterocycles. The fourth-order valence-electron chi connectivity index (χ4n) is 0.680. The van der Waals surface area contributed by atoms with Crippen LogP contribution < -0.4 is 0 Å². The highest BCUT2D eigenvalue weighted by Gasteiger charge is 2.81. The van der Waals surface area contributed by atoms with E-state index in [1.165, 1.54) is 0 Å². The average molecular weight is 280 g/mol. The van der Waals surface area contributed by atoms with Gasteiger partial charge in [-0.15, -0.1) is 0 Å². The Bertz CT molecular complexity index is 247. The van der Waals surface area contributed by atoms with Gasteiger partial charge in [-0.1, -0.05) is 0 Å². The van der Waals surface area contributed by atoms with Crippen LogP contribution in [-0.2, 0) is 4.43 Å². The van der Waals surface area contributed by atoms with E-state index in [0.717, 1.165) is 0 Å². The third-order valence-electron chi connectivity index (χ3n) is 1.54. The first-order chi connectivity index (χ1) is 6.81. The van der Waals surface area contributed by atoms with E-state index < -0.39 is 41.0 Å². The van der Waals surface area contributed by atoms with E-state index in [9.17, 15) is 39.5 Å². The third kappa shape index (κ3) is 2.29. The Morgan fingerprint density at radius 1 is 0.750 bits per heavy atom. The lowest BCUT2D eigenvalue weighted by atomic mass is 10.1. The highest BCUT2D eigenvalue weighted by Crippen LogP contribution is 2.52. The molecule has 11 heteroatoms. The molecule has 0 aromatic carbocycles. The smallest absolute Gasteiger partial charge is 0.422 e. The molecule has 0 aliphatic carbocycles. The molecule has 0 aromatic heterocycles. The summed E-state index contributed by atoms with van der Waals surface area (Å²) < 4.78 is 112. The zero-order chi connectivity index (χ0) is 13.4. The van der Waals surface area contributed by atoms with E-state index in [4.69, 9.17) is 0 Å². The maximum atomic E-state index is 12.4. The number of rotatable bonds is 4. The van der Waals surface area contributed by atoms with E-state index in [-0.39, 0.29) is 0 Å². The van der Waals surface area contributed by atoms with E-state index in [1.54, 1.807) is 0 Å². The van der Waals surface area contributed by atoms with Gasteiger partial charge in [0.1, 0.15) is 17.1 Å². The number of hydrogen-bond donors (Lipinski definition) is 0. The predicted molar refractivity (Wildman–Crippen MR) is 36.8 cm³/mol. The third-order valence-corrected chi connectivity index (χ3v) is 1.82. The van der Waals surface area contributed by atoms with Gasteiger partial charge in [-0.05, 0) is 0 Å². The Labute approximate surface area is 86.1 Å². The monoisotopic (exact) mass is 280 g/mol. The standard InChI is InChI=1S/C5H5F9OSi/c6-2(7,1-15-16)3(8,9)4(10,11)5(12,13)14/h1H2,16H3. The van der Waals surface area contributed by atoms with Crippen molar-refractivity contribution in [2.45, 2.75) is 23.9 Å². The second-order valence-corrected chi connectivity index (χ2v) is 3.36. The Morgan fingerprint density at radius 3 is 1.38 bits per heavy atom. The molecule has 0 atom stereocenters. The maximum Gasteiger partial charge on any atom is 0.460 e. The van der Waals surface area contributed by atoms with Crippen LogP contribution in [-0.4, -0.2) is 41.0 Å². The summed E-state index contributed by atoms with van der Waals surface area (Å²) in [4.78, 5) is 0. The lowest BCUT2D eigenvalue weighted by molar-refractivity contribution is -0.398. The summed E-state index contributed by atoms with van der Waals surface area (Å²) in [6.07, 6.45) is -6.77. The summed E-state index contributed by atoms with van der Waals surface area (Å²) in [6, 6.07) is 0. The first kappa shape index (κ1) is 15.5. The van der Waals surface area contributed by atoms with E-state index in [1.807, 2.05) is 0 Å².